The van der Waals surface area contributed by atoms with Gasteiger partial charge in [-0.15, -0.1) is 0 Å². The second-order valence-electron chi connectivity index (χ2n) is 7.35. The summed E-state index contributed by atoms with van der Waals surface area (Å²) in [5, 5.41) is 12.6. The molecule has 1 N–H and O–H groups in total. The van der Waals surface area contributed by atoms with E-state index in [0.29, 0.717) is 18.8 Å². The molecule has 7 nitrogen and oxygen atoms in total. The molecule has 0 aliphatic carbocycles. The van der Waals surface area contributed by atoms with Gasteiger partial charge in [0, 0.05) is 36.4 Å². The molecule has 0 saturated carbocycles. The first-order valence-electron chi connectivity index (χ1n) is 9.24. The minimum absolute atomic E-state index is 0.239. The van der Waals surface area contributed by atoms with Crippen LogP contribution in [0.15, 0.2) is 47.5 Å². The fourth-order valence-corrected chi connectivity index (χ4v) is 4.99. The van der Waals surface area contributed by atoms with E-state index >= 15 is 0 Å². The highest BCUT2D eigenvalue weighted by atomic mass is 32.2. The minimum atomic E-state index is -3.72. The van der Waals surface area contributed by atoms with Crippen molar-refractivity contribution < 1.29 is 17.7 Å². The van der Waals surface area contributed by atoms with Crippen LogP contribution in [0.25, 0.3) is 10.9 Å². The van der Waals surface area contributed by atoms with Crippen LogP contribution in [-0.4, -0.2) is 37.7 Å². The number of piperidine rings is 1. The average molecular weight is 417 g/mol. The van der Waals surface area contributed by atoms with Crippen LogP contribution >= 0.6 is 0 Å². The summed E-state index contributed by atoms with van der Waals surface area (Å²) in [5.41, 5.74) is 1.83. The molecule has 0 atom stereocenters. The van der Waals surface area contributed by atoms with Gasteiger partial charge in [-0.3, -0.25) is 10.1 Å². The summed E-state index contributed by atoms with van der Waals surface area (Å²) in [6.45, 7) is 1.12. The largest absolute Gasteiger partial charge is 0.366 e. The summed E-state index contributed by atoms with van der Waals surface area (Å²) in [4.78, 5) is 15.7. The third-order valence-corrected chi connectivity index (χ3v) is 6.64. The van der Waals surface area contributed by atoms with Crippen molar-refractivity contribution in [3.8, 4) is 0 Å². The van der Waals surface area contributed by atoms with Gasteiger partial charge in [0.1, 0.15) is 16.4 Å². The van der Waals surface area contributed by atoms with Crippen molar-refractivity contribution in [3.63, 3.8) is 0 Å². The average Bonchev–Trinajstić information content (AvgIpc) is 3.09. The normalized spacial score (nSPS) is 15.7. The van der Waals surface area contributed by atoms with E-state index in [1.54, 1.807) is 18.2 Å². The van der Waals surface area contributed by atoms with Gasteiger partial charge in [-0.25, -0.2) is 12.8 Å². The number of benzene rings is 2. The third-order valence-electron chi connectivity index (χ3n) is 5.51. The molecule has 29 heavy (non-hydrogen) atoms. The van der Waals surface area contributed by atoms with Crippen molar-refractivity contribution in [1.82, 2.24) is 4.98 Å². The number of nitro benzene ring substituents is 1. The van der Waals surface area contributed by atoms with Gasteiger partial charge in [0.25, 0.3) is 0 Å². The first-order valence-corrected chi connectivity index (χ1v) is 11.1. The summed E-state index contributed by atoms with van der Waals surface area (Å²) in [5.74, 6) is -0.0543. The number of halogens is 1. The Labute approximate surface area is 167 Å². The first-order chi connectivity index (χ1) is 13.8. The molecule has 0 unspecified atom stereocenters. The van der Waals surface area contributed by atoms with Crippen LogP contribution in [0, 0.1) is 15.9 Å². The highest BCUT2D eigenvalue weighted by Crippen LogP contribution is 2.39. The molecular formula is C20H20FN3O4S. The molecule has 1 fully saturated rings. The molecule has 9 heteroatoms. The molecule has 4 rings (SSSR count). The molecule has 1 aliphatic rings. The lowest BCUT2D eigenvalue weighted by Gasteiger charge is -2.33. The Morgan fingerprint density at radius 1 is 1.21 bits per heavy atom. The van der Waals surface area contributed by atoms with E-state index in [0.717, 1.165) is 35.6 Å². The highest BCUT2D eigenvalue weighted by Gasteiger charge is 2.31. The summed E-state index contributed by atoms with van der Waals surface area (Å²) in [6.07, 6.45) is 4.39. The predicted octanol–water partition coefficient (Wildman–Crippen LogP) is 4.00. The Bertz CT molecular complexity index is 1200. The minimum Gasteiger partial charge on any atom is -0.366 e. The third kappa shape index (κ3) is 3.57. The Balaban J connectivity index is 1.61. The van der Waals surface area contributed by atoms with Crippen LogP contribution in [0.2, 0.25) is 0 Å². The second-order valence-corrected chi connectivity index (χ2v) is 9.33. The Kier molecular flexibility index (Phi) is 4.77. The van der Waals surface area contributed by atoms with Gasteiger partial charge in [-0.1, -0.05) is 6.07 Å². The van der Waals surface area contributed by atoms with Crippen LogP contribution in [0.1, 0.15) is 24.3 Å². The van der Waals surface area contributed by atoms with Gasteiger partial charge in [0.05, 0.1) is 4.92 Å². The summed E-state index contributed by atoms with van der Waals surface area (Å²) >= 11 is 0. The Morgan fingerprint density at radius 3 is 2.59 bits per heavy atom. The molecule has 3 aromatic rings. The predicted molar refractivity (Wildman–Crippen MR) is 109 cm³/mol. The molecule has 1 aromatic heterocycles. The van der Waals surface area contributed by atoms with E-state index in [1.165, 1.54) is 18.2 Å². The zero-order valence-electron chi connectivity index (χ0n) is 15.8. The number of nitrogens with one attached hydrogen (secondary N) is 1. The quantitative estimate of drug-likeness (QED) is 0.511. The number of aromatic amines is 1. The fourth-order valence-electron chi connectivity index (χ4n) is 4.14. The number of nitrogens with zero attached hydrogens (tertiary/aromatic N) is 2. The number of H-pyrrole nitrogens is 1. The van der Waals surface area contributed by atoms with Crippen molar-refractivity contribution in [2.24, 2.45) is 0 Å². The maximum Gasteiger partial charge on any atom is 0.311 e. The molecule has 2 aromatic carbocycles. The molecule has 1 saturated heterocycles. The van der Waals surface area contributed by atoms with Crippen molar-refractivity contribution in [2.75, 3.05) is 24.2 Å². The molecule has 2 heterocycles. The lowest BCUT2D eigenvalue weighted by Crippen LogP contribution is -2.33. The number of hydrogen-bond acceptors (Lipinski definition) is 5. The lowest BCUT2D eigenvalue weighted by atomic mass is 9.89. The molecule has 0 amide bonds. The van der Waals surface area contributed by atoms with Crippen molar-refractivity contribution >= 4 is 32.1 Å². The summed E-state index contributed by atoms with van der Waals surface area (Å²) < 4.78 is 37.4. The maximum absolute atomic E-state index is 13.4. The molecular weight excluding hydrogens is 397 g/mol. The van der Waals surface area contributed by atoms with Crippen LogP contribution in [0.3, 0.4) is 0 Å². The Hall–Kier alpha value is -2.94. The summed E-state index contributed by atoms with van der Waals surface area (Å²) in [7, 11) is -3.72. The summed E-state index contributed by atoms with van der Waals surface area (Å²) in [6, 6.07) is 9.08. The van der Waals surface area contributed by atoms with Crippen molar-refractivity contribution in [2.45, 2.75) is 23.7 Å². The van der Waals surface area contributed by atoms with Gasteiger partial charge < -0.3 is 9.88 Å². The zero-order chi connectivity index (χ0) is 20.8. The van der Waals surface area contributed by atoms with Crippen LogP contribution in [-0.2, 0) is 9.84 Å². The number of aromatic nitrogens is 1. The molecule has 0 bridgehead atoms. The van der Waals surface area contributed by atoms with E-state index in [1.807, 2.05) is 11.1 Å². The van der Waals surface area contributed by atoms with Crippen molar-refractivity contribution in [3.05, 3.63) is 64.1 Å². The first kappa shape index (κ1) is 19.4. The van der Waals surface area contributed by atoms with E-state index in [9.17, 15) is 22.9 Å². The zero-order valence-corrected chi connectivity index (χ0v) is 16.6. The van der Waals surface area contributed by atoms with Gasteiger partial charge >= 0.3 is 5.69 Å². The van der Waals surface area contributed by atoms with Gasteiger partial charge in [-0.2, -0.15) is 0 Å². The number of rotatable bonds is 4. The topological polar surface area (TPSA) is 96.3 Å². The second kappa shape index (κ2) is 7.14. The highest BCUT2D eigenvalue weighted by molar-refractivity contribution is 7.90. The molecule has 0 spiro atoms. The Morgan fingerprint density at radius 2 is 1.93 bits per heavy atom. The maximum atomic E-state index is 13.4. The fraction of sp³-hybridized carbons (Fsp3) is 0.300. The van der Waals surface area contributed by atoms with Gasteiger partial charge in [-0.05, 0) is 54.7 Å². The lowest BCUT2D eigenvalue weighted by molar-refractivity contribution is -0.387. The van der Waals surface area contributed by atoms with E-state index in [-0.39, 0.29) is 22.3 Å². The number of sulfone groups is 1. The van der Waals surface area contributed by atoms with E-state index in [2.05, 4.69) is 4.98 Å². The molecule has 0 radical (unpaired) electrons. The number of para-hydroxylation sites is 1. The van der Waals surface area contributed by atoms with E-state index < -0.39 is 14.8 Å². The van der Waals surface area contributed by atoms with Crippen LogP contribution in [0.4, 0.5) is 15.8 Å². The molecule has 1 aliphatic heterocycles. The smallest absolute Gasteiger partial charge is 0.311 e. The monoisotopic (exact) mass is 417 g/mol. The SMILES string of the molecule is CS(=O)(=O)c1cccc(N2CCC(c3c[nH]c4cc(F)ccc34)CC2)c1[N+](=O)[O-]. The van der Waals surface area contributed by atoms with Gasteiger partial charge in [0.15, 0.2) is 9.84 Å². The number of anilines is 1. The van der Waals surface area contributed by atoms with E-state index in [4.69, 9.17) is 0 Å². The number of hydrogen-bond donors (Lipinski definition) is 1. The number of nitro groups is 1. The molecule has 152 valence electrons. The van der Waals surface area contributed by atoms with Crippen LogP contribution in [0.5, 0.6) is 0 Å². The van der Waals surface area contributed by atoms with Crippen LogP contribution < -0.4 is 4.90 Å². The van der Waals surface area contributed by atoms with Crippen molar-refractivity contribution in [1.29, 1.82) is 0 Å². The number of fused-ring (bicyclic) bond motifs is 1. The van der Waals surface area contributed by atoms with Gasteiger partial charge in [0.2, 0.25) is 0 Å². The standard InChI is InChI=1S/C20H20FN3O4S/c1-29(27,28)19-4-2-3-18(20(19)24(25)26)23-9-7-13(8-10-23)16-12-22-17-11-14(21)5-6-15(16)17/h2-6,11-13,22H,7-10H2,1H3.